The Bertz CT molecular complexity index is 433. The van der Waals surface area contributed by atoms with Gasteiger partial charge in [-0.05, 0) is 6.07 Å². The van der Waals surface area contributed by atoms with Crippen molar-refractivity contribution in [3.63, 3.8) is 0 Å². The van der Waals surface area contributed by atoms with Crippen LogP contribution in [0, 0.1) is 0 Å². The van der Waals surface area contributed by atoms with E-state index >= 15 is 0 Å². The molecule has 0 aliphatic carbocycles. The molecular weight excluding hydrogens is 154 g/mol. The minimum Gasteiger partial charge on any atom is -0.335 e. The van der Waals surface area contributed by atoms with Crippen molar-refractivity contribution in [3.8, 4) is 0 Å². The van der Waals surface area contributed by atoms with Crippen molar-refractivity contribution in [2.45, 2.75) is 0 Å². The van der Waals surface area contributed by atoms with Gasteiger partial charge < -0.3 is 4.57 Å². The molecule has 2 aromatic heterocycles. The predicted molar refractivity (Wildman–Crippen MR) is 43.9 cm³/mol. The Hall–Kier alpha value is -1.71. The molecule has 0 radical (unpaired) electrons. The van der Waals surface area contributed by atoms with Crippen molar-refractivity contribution in [2.75, 3.05) is 0 Å². The van der Waals surface area contributed by atoms with Crippen LogP contribution in [0.1, 0.15) is 10.5 Å². The first-order valence-corrected chi connectivity index (χ1v) is 3.54. The Morgan fingerprint density at radius 2 is 2.33 bits per heavy atom. The fraction of sp³-hybridized carbons (Fsp3) is 0.125. The highest BCUT2D eigenvalue weighted by Gasteiger charge is 2.03. The maximum absolute atomic E-state index is 10.5. The number of hydrogen-bond donors (Lipinski definition) is 0. The van der Waals surface area contributed by atoms with Crippen LogP contribution in [0.4, 0.5) is 0 Å². The van der Waals surface area contributed by atoms with E-state index in [1.165, 1.54) is 6.33 Å². The minimum absolute atomic E-state index is 0.445. The fourth-order valence-corrected chi connectivity index (χ4v) is 1.19. The van der Waals surface area contributed by atoms with Crippen LogP contribution in [0.3, 0.4) is 0 Å². The van der Waals surface area contributed by atoms with Gasteiger partial charge in [0.1, 0.15) is 17.7 Å². The number of aldehydes is 1. The summed E-state index contributed by atoms with van der Waals surface area (Å²) in [5.41, 5.74) is 1.23. The number of carbonyl (C=O) groups is 1. The van der Waals surface area contributed by atoms with Gasteiger partial charge in [-0.2, -0.15) is 0 Å². The molecule has 0 fully saturated rings. The highest BCUT2D eigenvalue weighted by atomic mass is 16.1. The van der Waals surface area contributed by atoms with E-state index in [0.29, 0.717) is 5.69 Å². The van der Waals surface area contributed by atoms with Gasteiger partial charge in [0.25, 0.3) is 0 Å². The van der Waals surface area contributed by atoms with Crippen LogP contribution in [0.25, 0.3) is 11.0 Å². The minimum atomic E-state index is 0.445. The van der Waals surface area contributed by atoms with E-state index in [4.69, 9.17) is 0 Å². The van der Waals surface area contributed by atoms with Gasteiger partial charge in [0.2, 0.25) is 0 Å². The summed E-state index contributed by atoms with van der Waals surface area (Å²) in [6, 6.07) is 1.83. The lowest BCUT2D eigenvalue weighted by Gasteiger charge is -1.94. The van der Waals surface area contributed by atoms with Crippen molar-refractivity contribution in [1.82, 2.24) is 14.5 Å². The molecule has 0 unspecified atom stereocenters. The van der Waals surface area contributed by atoms with Gasteiger partial charge in [-0.1, -0.05) is 0 Å². The lowest BCUT2D eigenvalue weighted by molar-refractivity contribution is 0.112. The van der Waals surface area contributed by atoms with Gasteiger partial charge in [0, 0.05) is 18.6 Å². The van der Waals surface area contributed by atoms with E-state index in [9.17, 15) is 4.79 Å². The SMILES string of the molecule is Cn1ccc2c(C=O)ncnc21. The number of hydrogen-bond acceptors (Lipinski definition) is 3. The Morgan fingerprint density at radius 1 is 1.50 bits per heavy atom. The Labute approximate surface area is 68.9 Å². The number of rotatable bonds is 1. The van der Waals surface area contributed by atoms with Gasteiger partial charge in [-0.25, -0.2) is 9.97 Å². The molecule has 0 saturated carbocycles. The molecule has 0 saturated heterocycles. The third-order valence-electron chi connectivity index (χ3n) is 1.80. The third-order valence-corrected chi connectivity index (χ3v) is 1.80. The van der Waals surface area contributed by atoms with E-state index in [0.717, 1.165) is 17.3 Å². The number of aromatic nitrogens is 3. The summed E-state index contributed by atoms with van der Waals surface area (Å²) in [6.45, 7) is 0. The van der Waals surface area contributed by atoms with E-state index in [1.54, 1.807) is 0 Å². The topological polar surface area (TPSA) is 47.8 Å². The molecule has 4 nitrogen and oxygen atoms in total. The molecule has 0 amide bonds. The average Bonchev–Trinajstić information content (AvgIpc) is 2.48. The Balaban J connectivity index is 2.89. The smallest absolute Gasteiger partial charge is 0.169 e. The summed E-state index contributed by atoms with van der Waals surface area (Å²) >= 11 is 0. The number of carbonyl (C=O) groups excluding carboxylic acids is 1. The lowest BCUT2D eigenvalue weighted by atomic mass is 10.3. The molecule has 0 N–H and O–H groups in total. The summed E-state index contributed by atoms with van der Waals surface area (Å²) in [4.78, 5) is 18.4. The van der Waals surface area contributed by atoms with E-state index in [-0.39, 0.29) is 0 Å². The maximum atomic E-state index is 10.5. The normalized spacial score (nSPS) is 10.4. The summed E-state index contributed by atoms with van der Waals surface area (Å²) in [5, 5.41) is 0.801. The molecule has 0 aliphatic heterocycles. The molecule has 0 bridgehead atoms. The van der Waals surface area contributed by atoms with Crippen LogP contribution < -0.4 is 0 Å². The molecule has 4 heteroatoms. The van der Waals surface area contributed by atoms with E-state index < -0.39 is 0 Å². The molecule has 0 aliphatic rings. The second-order valence-corrected chi connectivity index (χ2v) is 2.54. The highest BCUT2D eigenvalue weighted by Crippen LogP contribution is 2.12. The predicted octanol–water partition coefficient (Wildman–Crippen LogP) is 0.781. The standard InChI is InChI=1S/C8H7N3O/c1-11-3-2-6-7(4-12)9-5-10-8(6)11/h2-5H,1H3. The lowest BCUT2D eigenvalue weighted by Crippen LogP contribution is -1.92. The molecular formula is C8H7N3O. The quantitative estimate of drug-likeness (QED) is 0.580. The van der Waals surface area contributed by atoms with Crippen molar-refractivity contribution < 1.29 is 4.79 Å². The second-order valence-electron chi connectivity index (χ2n) is 2.54. The van der Waals surface area contributed by atoms with Crippen molar-refractivity contribution >= 4 is 17.3 Å². The van der Waals surface area contributed by atoms with Crippen LogP contribution in [0.5, 0.6) is 0 Å². The molecule has 60 valence electrons. The summed E-state index contributed by atoms with van der Waals surface area (Å²) in [7, 11) is 1.88. The first-order valence-electron chi connectivity index (χ1n) is 3.54. The van der Waals surface area contributed by atoms with Crippen molar-refractivity contribution in [3.05, 3.63) is 24.3 Å². The van der Waals surface area contributed by atoms with Crippen LogP contribution >= 0.6 is 0 Å². The maximum Gasteiger partial charge on any atom is 0.169 e. The number of nitrogens with zero attached hydrogens (tertiary/aromatic N) is 3. The molecule has 0 aromatic carbocycles. The van der Waals surface area contributed by atoms with Gasteiger partial charge >= 0.3 is 0 Å². The first kappa shape index (κ1) is 6.97. The summed E-state index contributed by atoms with van der Waals surface area (Å²) in [6.07, 6.45) is 3.99. The zero-order valence-electron chi connectivity index (χ0n) is 6.56. The zero-order chi connectivity index (χ0) is 8.55. The van der Waals surface area contributed by atoms with Gasteiger partial charge in [0.15, 0.2) is 6.29 Å². The fourth-order valence-electron chi connectivity index (χ4n) is 1.19. The second kappa shape index (κ2) is 2.41. The summed E-state index contributed by atoms with van der Waals surface area (Å²) in [5.74, 6) is 0. The van der Waals surface area contributed by atoms with E-state index in [1.807, 2.05) is 23.9 Å². The third kappa shape index (κ3) is 0.812. The monoisotopic (exact) mass is 161 g/mol. The van der Waals surface area contributed by atoms with Gasteiger partial charge in [-0.3, -0.25) is 4.79 Å². The Kier molecular flexibility index (Phi) is 1.40. The van der Waals surface area contributed by atoms with Crippen molar-refractivity contribution in [1.29, 1.82) is 0 Å². The Morgan fingerprint density at radius 3 is 3.08 bits per heavy atom. The average molecular weight is 161 g/mol. The summed E-state index contributed by atoms with van der Waals surface area (Å²) < 4.78 is 1.85. The van der Waals surface area contributed by atoms with Crippen LogP contribution in [0.2, 0.25) is 0 Å². The van der Waals surface area contributed by atoms with Crippen LogP contribution in [0.15, 0.2) is 18.6 Å². The molecule has 2 aromatic rings. The van der Waals surface area contributed by atoms with Gasteiger partial charge in [0.05, 0.1) is 0 Å². The largest absolute Gasteiger partial charge is 0.335 e. The zero-order valence-corrected chi connectivity index (χ0v) is 6.56. The number of fused-ring (bicyclic) bond motifs is 1. The molecule has 0 atom stereocenters. The first-order chi connectivity index (χ1) is 5.83. The molecule has 12 heavy (non-hydrogen) atoms. The van der Waals surface area contributed by atoms with Gasteiger partial charge in [-0.15, -0.1) is 0 Å². The van der Waals surface area contributed by atoms with Crippen LogP contribution in [-0.4, -0.2) is 20.8 Å². The molecule has 2 heterocycles. The highest BCUT2D eigenvalue weighted by molar-refractivity contribution is 5.92. The molecule has 0 spiro atoms. The van der Waals surface area contributed by atoms with E-state index in [2.05, 4.69) is 9.97 Å². The van der Waals surface area contributed by atoms with Crippen LogP contribution in [-0.2, 0) is 7.05 Å². The van der Waals surface area contributed by atoms with Crippen molar-refractivity contribution in [2.24, 2.45) is 7.05 Å². The number of aryl methyl sites for hydroxylation is 1. The molecule has 2 rings (SSSR count).